The SMILES string of the molecule is CNC(c1ccc(Cl)s1)c1cc2ccccc2s1. The van der Waals surface area contributed by atoms with Gasteiger partial charge in [-0.2, -0.15) is 0 Å². The minimum Gasteiger partial charge on any atom is -0.308 e. The van der Waals surface area contributed by atoms with E-state index in [1.165, 1.54) is 19.8 Å². The van der Waals surface area contributed by atoms with Gasteiger partial charge in [-0.15, -0.1) is 22.7 Å². The summed E-state index contributed by atoms with van der Waals surface area (Å²) >= 11 is 9.49. The minimum atomic E-state index is 0.236. The first-order valence-electron chi connectivity index (χ1n) is 5.69. The van der Waals surface area contributed by atoms with E-state index in [1.54, 1.807) is 11.3 Å². The summed E-state index contributed by atoms with van der Waals surface area (Å²) in [5.41, 5.74) is 0. The molecule has 0 saturated heterocycles. The summed E-state index contributed by atoms with van der Waals surface area (Å²) in [7, 11) is 1.99. The third kappa shape index (κ3) is 2.19. The zero-order chi connectivity index (χ0) is 12.5. The molecule has 3 aromatic rings. The van der Waals surface area contributed by atoms with Crippen LogP contribution < -0.4 is 5.32 Å². The average molecular weight is 294 g/mol. The lowest BCUT2D eigenvalue weighted by Crippen LogP contribution is -2.14. The molecule has 1 nitrogen and oxygen atoms in total. The van der Waals surface area contributed by atoms with E-state index in [4.69, 9.17) is 11.6 Å². The predicted octanol–water partition coefficient (Wildman–Crippen LogP) is 4.93. The second kappa shape index (κ2) is 5.02. The molecule has 0 spiro atoms. The highest BCUT2D eigenvalue weighted by atomic mass is 35.5. The van der Waals surface area contributed by atoms with E-state index in [0.29, 0.717) is 0 Å². The maximum atomic E-state index is 6.02. The third-order valence-electron chi connectivity index (χ3n) is 2.90. The molecule has 0 aliphatic rings. The van der Waals surface area contributed by atoms with Gasteiger partial charge in [-0.3, -0.25) is 0 Å². The van der Waals surface area contributed by atoms with Crippen LogP contribution in [0.1, 0.15) is 15.8 Å². The molecule has 0 bridgehead atoms. The van der Waals surface area contributed by atoms with E-state index < -0.39 is 0 Å². The molecular formula is C14H12ClNS2. The van der Waals surface area contributed by atoms with Gasteiger partial charge in [-0.05, 0) is 36.7 Å². The van der Waals surface area contributed by atoms with E-state index in [2.05, 4.69) is 41.7 Å². The van der Waals surface area contributed by atoms with Crippen molar-refractivity contribution in [1.82, 2.24) is 5.32 Å². The lowest BCUT2D eigenvalue weighted by molar-refractivity contribution is 0.717. The van der Waals surface area contributed by atoms with E-state index in [0.717, 1.165) is 4.34 Å². The molecule has 4 heteroatoms. The summed E-state index contributed by atoms with van der Waals surface area (Å²) in [5, 5.41) is 4.68. The molecule has 0 aliphatic heterocycles. The van der Waals surface area contributed by atoms with Gasteiger partial charge in [0.15, 0.2) is 0 Å². The van der Waals surface area contributed by atoms with Gasteiger partial charge in [-0.25, -0.2) is 0 Å². The van der Waals surface area contributed by atoms with Crippen LogP contribution in [-0.4, -0.2) is 7.05 Å². The van der Waals surface area contributed by atoms with Crippen molar-refractivity contribution < 1.29 is 0 Å². The predicted molar refractivity (Wildman–Crippen MR) is 82.1 cm³/mol. The molecule has 92 valence electrons. The van der Waals surface area contributed by atoms with Crippen LogP contribution in [0.15, 0.2) is 42.5 Å². The average Bonchev–Trinajstić information content (AvgIpc) is 2.96. The quantitative estimate of drug-likeness (QED) is 0.722. The monoisotopic (exact) mass is 293 g/mol. The molecule has 0 fully saturated rings. The largest absolute Gasteiger partial charge is 0.308 e. The van der Waals surface area contributed by atoms with Gasteiger partial charge in [0.05, 0.1) is 10.4 Å². The molecule has 3 rings (SSSR count). The van der Waals surface area contributed by atoms with Crippen molar-refractivity contribution >= 4 is 44.4 Å². The van der Waals surface area contributed by atoms with Crippen molar-refractivity contribution in [2.75, 3.05) is 7.05 Å². The van der Waals surface area contributed by atoms with E-state index in [1.807, 2.05) is 24.5 Å². The Morgan fingerprint density at radius 2 is 1.89 bits per heavy atom. The second-order valence-electron chi connectivity index (χ2n) is 4.05. The normalized spacial score (nSPS) is 13.0. The molecule has 18 heavy (non-hydrogen) atoms. The highest BCUT2D eigenvalue weighted by Crippen LogP contribution is 2.36. The maximum Gasteiger partial charge on any atom is 0.0931 e. The first kappa shape index (κ1) is 12.2. The number of rotatable bonds is 3. The summed E-state index contributed by atoms with van der Waals surface area (Å²) in [6.07, 6.45) is 0. The fourth-order valence-electron chi connectivity index (χ4n) is 2.05. The van der Waals surface area contributed by atoms with Crippen LogP contribution in [-0.2, 0) is 0 Å². The van der Waals surface area contributed by atoms with Crippen LogP contribution in [0, 0.1) is 0 Å². The molecule has 0 amide bonds. The fraction of sp³-hybridized carbons (Fsp3) is 0.143. The minimum absolute atomic E-state index is 0.236. The van der Waals surface area contributed by atoms with E-state index in [9.17, 15) is 0 Å². The van der Waals surface area contributed by atoms with Crippen LogP contribution in [0.2, 0.25) is 4.34 Å². The Morgan fingerprint density at radius 1 is 1.06 bits per heavy atom. The number of thiophene rings is 2. The summed E-state index contributed by atoms with van der Waals surface area (Å²) in [6.45, 7) is 0. The first-order valence-corrected chi connectivity index (χ1v) is 7.70. The van der Waals surface area contributed by atoms with Gasteiger partial charge in [0, 0.05) is 14.5 Å². The van der Waals surface area contributed by atoms with Crippen molar-refractivity contribution in [3.8, 4) is 0 Å². The van der Waals surface area contributed by atoms with Crippen molar-refractivity contribution in [2.24, 2.45) is 0 Å². The van der Waals surface area contributed by atoms with Crippen molar-refractivity contribution in [1.29, 1.82) is 0 Å². The number of hydrogen-bond acceptors (Lipinski definition) is 3. The zero-order valence-electron chi connectivity index (χ0n) is 9.81. The number of halogens is 1. The van der Waals surface area contributed by atoms with E-state index in [-0.39, 0.29) is 6.04 Å². The second-order valence-corrected chi connectivity index (χ2v) is 6.91. The lowest BCUT2D eigenvalue weighted by atomic mass is 10.2. The number of hydrogen-bond donors (Lipinski definition) is 1. The molecule has 1 aromatic carbocycles. The molecule has 1 unspecified atom stereocenters. The van der Waals surface area contributed by atoms with Gasteiger partial charge in [-0.1, -0.05) is 29.8 Å². The van der Waals surface area contributed by atoms with Gasteiger partial charge < -0.3 is 5.32 Å². The van der Waals surface area contributed by atoms with Crippen molar-refractivity contribution in [3.05, 3.63) is 56.6 Å². The topological polar surface area (TPSA) is 12.0 Å². The van der Waals surface area contributed by atoms with Crippen LogP contribution >= 0.6 is 34.3 Å². The highest BCUT2D eigenvalue weighted by molar-refractivity contribution is 7.19. The fourth-order valence-corrected chi connectivity index (χ4v) is 4.51. The highest BCUT2D eigenvalue weighted by Gasteiger charge is 2.16. The van der Waals surface area contributed by atoms with Crippen LogP contribution in [0.4, 0.5) is 0 Å². The Balaban J connectivity index is 2.05. The molecule has 0 aliphatic carbocycles. The Bertz CT molecular complexity index is 638. The summed E-state index contributed by atoms with van der Waals surface area (Å²) in [6, 6.07) is 15.0. The molecule has 2 heterocycles. The van der Waals surface area contributed by atoms with Crippen molar-refractivity contribution in [3.63, 3.8) is 0 Å². The Labute approximate surface area is 119 Å². The molecule has 1 atom stereocenters. The standard InChI is InChI=1S/C14H12ClNS2/c1-16-14(11-6-7-13(15)18-11)12-8-9-4-2-3-5-10(9)17-12/h2-8,14,16H,1H3. The Hall–Kier alpha value is -0.870. The molecule has 0 saturated carbocycles. The molecular weight excluding hydrogens is 282 g/mol. The maximum absolute atomic E-state index is 6.02. The first-order chi connectivity index (χ1) is 8.78. The Morgan fingerprint density at radius 3 is 2.56 bits per heavy atom. The van der Waals surface area contributed by atoms with E-state index >= 15 is 0 Å². The van der Waals surface area contributed by atoms with Crippen molar-refractivity contribution in [2.45, 2.75) is 6.04 Å². The summed E-state index contributed by atoms with van der Waals surface area (Å²) in [5.74, 6) is 0. The van der Waals surface area contributed by atoms with Crippen LogP contribution in [0.25, 0.3) is 10.1 Å². The Kier molecular flexibility index (Phi) is 3.39. The smallest absolute Gasteiger partial charge is 0.0931 e. The lowest BCUT2D eigenvalue weighted by Gasteiger charge is -2.11. The van der Waals surface area contributed by atoms with Gasteiger partial charge in [0.1, 0.15) is 0 Å². The molecule has 1 N–H and O–H groups in total. The van der Waals surface area contributed by atoms with Gasteiger partial charge in [0.25, 0.3) is 0 Å². The molecule has 0 radical (unpaired) electrons. The van der Waals surface area contributed by atoms with Gasteiger partial charge in [0.2, 0.25) is 0 Å². The number of fused-ring (bicyclic) bond motifs is 1. The number of nitrogens with one attached hydrogen (secondary N) is 1. The zero-order valence-corrected chi connectivity index (χ0v) is 12.2. The van der Waals surface area contributed by atoms with Crippen LogP contribution in [0.5, 0.6) is 0 Å². The molecule has 2 aromatic heterocycles. The van der Waals surface area contributed by atoms with Crippen LogP contribution in [0.3, 0.4) is 0 Å². The van der Waals surface area contributed by atoms with Gasteiger partial charge >= 0.3 is 0 Å². The third-order valence-corrected chi connectivity index (χ3v) is 5.37. The number of benzene rings is 1. The summed E-state index contributed by atoms with van der Waals surface area (Å²) in [4.78, 5) is 2.59. The summed E-state index contributed by atoms with van der Waals surface area (Å²) < 4.78 is 2.17.